The Morgan fingerprint density at radius 1 is 1.13 bits per heavy atom. The van der Waals surface area contributed by atoms with Crippen LogP contribution in [0, 0.1) is 5.92 Å². The second kappa shape index (κ2) is 10.6. The minimum atomic E-state index is -0.134. The topological polar surface area (TPSA) is 79.0 Å². The van der Waals surface area contributed by atoms with E-state index in [1.807, 2.05) is 36.1 Å². The lowest BCUT2D eigenvalue weighted by molar-refractivity contribution is -0.143. The van der Waals surface area contributed by atoms with Gasteiger partial charge in [0.1, 0.15) is 0 Å². The molecule has 2 aliphatic heterocycles. The highest BCUT2D eigenvalue weighted by Gasteiger charge is 2.33. The zero-order chi connectivity index (χ0) is 21.5. The smallest absolute Gasteiger partial charge is 0.251 e. The van der Waals surface area contributed by atoms with Gasteiger partial charge in [-0.3, -0.25) is 14.4 Å². The van der Waals surface area contributed by atoms with E-state index in [0.717, 1.165) is 24.8 Å². The van der Waals surface area contributed by atoms with Crippen molar-refractivity contribution >= 4 is 17.7 Å². The van der Waals surface area contributed by atoms with Crippen molar-refractivity contribution in [2.24, 2.45) is 5.92 Å². The van der Waals surface area contributed by atoms with Crippen LogP contribution in [0.25, 0.3) is 0 Å². The van der Waals surface area contributed by atoms with E-state index in [0.29, 0.717) is 51.2 Å². The van der Waals surface area contributed by atoms with Gasteiger partial charge in [0.25, 0.3) is 5.91 Å². The molecular weight excluding hydrogens is 382 g/mol. The van der Waals surface area contributed by atoms with Crippen molar-refractivity contribution in [3.05, 3.63) is 35.4 Å². The number of nitrogens with zero attached hydrogens (tertiary/aromatic N) is 2. The van der Waals surface area contributed by atoms with Crippen molar-refractivity contribution in [3.63, 3.8) is 0 Å². The third-order valence-corrected chi connectivity index (χ3v) is 6.08. The number of carbonyl (C=O) groups is 3. The Morgan fingerprint density at radius 3 is 2.60 bits per heavy atom. The molecule has 2 aliphatic rings. The lowest BCUT2D eigenvalue weighted by Gasteiger charge is -2.35. The Kier molecular flexibility index (Phi) is 7.85. The monoisotopic (exact) mass is 415 g/mol. The van der Waals surface area contributed by atoms with E-state index in [2.05, 4.69) is 5.32 Å². The molecule has 1 aromatic carbocycles. The molecule has 1 aromatic rings. The Balaban J connectivity index is 1.59. The quantitative estimate of drug-likeness (QED) is 0.773. The molecule has 2 unspecified atom stereocenters. The Morgan fingerprint density at radius 2 is 1.90 bits per heavy atom. The number of ether oxygens (including phenoxy) is 1. The van der Waals surface area contributed by atoms with E-state index in [1.54, 1.807) is 12.0 Å². The van der Waals surface area contributed by atoms with Crippen LogP contribution in [-0.2, 0) is 20.9 Å². The summed E-state index contributed by atoms with van der Waals surface area (Å²) in [6.45, 7) is 4.87. The molecule has 2 saturated heterocycles. The first-order valence-electron chi connectivity index (χ1n) is 11.0. The summed E-state index contributed by atoms with van der Waals surface area (Å²) >= 11 is 0. The van der Waals surface area contributed by atoms with Crippen LogP contribution in [0.5, 0.6) is 0 Å². The van der Waals surface area contributed by atoms with Crippen LogP contribution >= 0.6 is 0 Å². The zero-order valence-electron chi connectivity index (χ0n) is 18.1. The molecule has 7 heteroatoms. The Bertz CT molecular complexity index is 749. The van der Waals surface area contributed by atoms with Gasteiger partial charge in [0, 0.05) is 51.3 Å². The van der Waals surface area contributed by atoms with Crippen molar-refractivity contribution in [1.82, 2.24) is 15.1 Å². The summed E-state index contributed by atoms with van der Waals surface area (Å²) in [7, 11) is 1.64. The molecular formula is C23H33N3O4. The van der Waals surface area contributed by atoms with Crippen LogP contribution in [-0.4, -0.2) is 66.9 Å². The van der Waals surface area contributed by atoms with Crippen molar-refractivity contribution in [3.8, 4) is 0 Å². The van der Waals surface area contributed by atoms with Crippen molar-refractivity contribution < 1.29 is 19.1 Å². The van der Waals surface area contributed by atoms with Gasteiger partial charge in [-0.05, 0) is 50.3 Å². The maximum Gasteiger partial charge on any atom is 0.251 e. The number of benzene rings is 1. The van der Waals surface area contributed by atoms with Gasteiger partial charge in [-0.25, -0.2) is 0 Å². The molecule has 0 saturated carbocycles. The van der Waals surface area contributed by atoms with Gasteiger partial charge < -0.3 is 19.9 Å². The van der Waals surface area contributed by atoms with Crippen molar-refractivity contribution in [2.75, 3.05) is 33.3 Å². The molecule has 0 aromatic heterocycles. The van der Waals surface area contributed by atoms with E-state index < -0.39 is 0 Å². The molecule has 2 heterocycles. The standard InChI is InChI=1S/C23H33N3O4/c1-3-25-14-19(11-12-21(25)27)23(29)26-13-5-4-6-20(15-26)24-22(28)18-9-7-17(8-10-18)16-30-2/h7-10,19-20H,3-6,11-16H2,1-2H3,(H,24,28). The highest BCUT2D eigenvalue weighted by atomic mass is 16.5. The maximum absolute atomic E-state index is 13.1. The minimum Gasteiger partial charge on any atom is -0.380 e. The van der Waals surface area contributed by atoms with Crippen LogP contribution in [0.3, 0.4) is 0 Å². The van der Waals surface area contributed by atoms with Crippen LogP contribution in [0.1, 0.15) is 54.9 Å². The third-order valence-electron chi connectivity index (χ3n) is 6.08. The Hall–Kier alpha value is -2.41. The molecule has 3 rings (SSSR count). The average Bonchev–Trinajstić information content (AvgIpc) is 3.00. The third kappa shape index (κ3) is 5.59. The normalized spacial score (nSPS) is 22.5. The summed E-state index contributed by atoms with van der Waals surface area (Å²) in [5.74, 6) is 0.00853. The van der Waals surface area contributed by atoms with Crippen LogP contribution in [0.15, 0.2) is 24.3 Å². The number of likely N-dealkylation sites (tertiary alicyclic amines) is 2. The number of hydrogen-bond acceptors (Lipinski definition) is 4. The number of nitrogens with one attached hydrogen (secondary N) is 1. The van der Waals surface area contributed by atoms with Gasteiger partial charge in [-0.2, -0.15) is 0 Å². The van der Waals surface area contributed by atoms with Gasteiger partial charge in [0.2, 0.25) is 11.8 Å². The lowest BCUT2D eigenvalue weighted by Crippen LogP contribution is -2.50. The van der Waals surface area contributed by atoms with Gasteiger partial charge in [-0.1, -0.05) is 12.1 Å². The number of amides is 3. The van der Waals surface area contributed by atoms with E-state index in [-0.39, 0.29) is 29.7 Å². The van der Waals surface area contributed by atoms with Gasteiger partial charge in [0.15, 0.2) is 0 Å². The molecule has 2 fully saturated rings. The molecule has 7 nitrogen and oxygen atoms in total. The summed E-state index contributed by atoms with van der Waals surface area (Å²) in [5, 5.41) is 3.11. The van der Waals surface area contributed by atoms with E-state index in [1.165, 1.54) is 0 Å². The fraction of sp³-hybridized carbons (Fsp3) is 0.609. The van der Waals surface area contributed by atoms with E-state index >= 15 is 0 Å². The maximum atomic E-state index is 13.1. The van der Waals surface area contributed by atoms with E-state index in [9.17, 15) is 14.4 Å². The summed E-state index contributed by atoms with van der Waals surface area (Å²) in [6.07, 6.45) is 3.84. The predicted molar refractivity (Wildman–Crippen MR) is 114 cm³/mol. The van der Waals surface area contributed by atoms with Gasteiger partial charge in [0.05, 0.1) is 12.5 Å². The molecule has 0 bridgehead atoms. The Labute approximate surface area is 178 Å². The number of carbonyl (C=O) groups excluding carboxylic acids is 3. The summed E-state index contributed by atoms with van der Waals surface area (Å²) in [4.78, 5) is 41.4. The summed E-state index contributed by atoms with van der Waals surface area (Å²) in [5.41, 5.74) is 1.63. The van der Waals surface area contributed by atoms with Gasteiger partial charge in [-0.15, -0.1) is 0 Å². The average molecular weight is 416 g/mol. The lowest BCUT2D eigenvalue weighted by atomic mass is 9.95. The highest BCUT2D eigenvalue weighted by Crippen LogP contribution is 2.22. The van der Waals surface area contributed by atoms with E-state index in [4.69, 9.17) is 4.74 Å². The largest absolute Gasteiger partial charge is 0.380 e. The second-order valence-corrected chi connectivity index (χ2v) is 8.25. The number of methoxy groups -OCH3 is 1. The van der Waals surface area contributed by atoms with Crippen LogP contribution in [0.2, 0.25) is 0 Å². The van der Waals surface area contributed by atoms with Crippen LogP contribution < -0.4 is 5.32 Å². The fourth-order valence-corrected chi connectivity index (χ4v) is 4.33. The predicted octanol–water partition coefficient (Wildman–Crippen LogP) is 2.20. The zero-order valence-corrected chi connectivity index (χ0v) is 18.1. The first kappa shape index (κ1) is 22.3. The first-order chi connectivity index (χ1) is 14.5. The second-order valence-electron chi connectivity index (χ2n) is 8.25. The molecule has 1 N–H and O–H groups in total. The molecule has 164 valence electrons. The highest BCUT2D eigenvalue weighted by molar-refractivity contribution is 5.94. The molecule has 0 spiro atoms. The van der Waals surface area contributed by atoms with Crippen molar-refractivity contribution in [1.29, 1.82) is 0 Å². The fourth-order valence-electron chi connectivity index (χ4n) is 4.33. The van der Waals surface area contributed by atoms with Crippen LogP contribution in [0.4, 0.5) is 0 Å². The van der Waals surface area contributed by atoms with Gasteiger partial charge >= 0.3 is 0 Å². The summed E-state index contributed by atoms with van der Waals surface area (Å²) in [6, 6.07) is 7.34. The molecule has 0 radical (unpaired) electrons. The molecule has 2 atom stereocenters. The molecule has 30 heavy (non-hydrogen) atoms. The molecule has 3 amide bonds. The summed E-state index contributed by atoms with van der Waals surface area (Å²) < 4.78 is 5.11. The SMILES string of the molecule is CCN1CC(C(=O)N2CCCCC(NC(=O)c3ccc(COC)cc3)C2)CCC1=O. The number of rotatable bonds is 6. The number of piperidine rings is 1. The van der Waals surface area contributed by atoms with Crippen molar-refractivity contribution in [2.45, 2.75) is 51.7 Å². The minimum absolute atomic E-state index is 0.0601. The number of hydrogen-bond donors (Lipinski definition) is 1. The molecule has 0 aliphatic carbocycles. The first-order valence-corrected chi connectivity index (χ1v) is 11.0.